The second-order valence-electron chi connectivity index (χ2n) is 4.39. The summed E-state index contributed by atoms with van der Waals surface area (Å²) in [6.45, 7) is 1.97. The van der Waals surface area contributed by atoms with Crippen molar-refractivity contribution >= 4 is 41.1 Å². The first-order chi connectivity index (χ1) is 10.7. The molecular weight excluding hydrogens is 330 g/mol. The van der Waals surface area contributed by atoms with Gasteiger partial charge in [0.05, 0.1) is 0 Å². The Morgan fingerprint density at radius 1 is 1.00 bits per heavy atom. The molecule has 124 valence electrons. The van der Waals surface area contributed by atoms with Crippen LogP contribution >= 0.6 is 11.6 Å². The molecule has 0 spiro atoms. The molecule has 0 saturated heterocycles. The molecule has 0 aliphatic rings. The second kappa shape index (κ2) is 8.14. The van der Waals surface area contributed by atoms with Crippen LogP contribution in [0.4, 0.5) is 5.69 Å². The highest BCUT2D eigenvalue weighted by molar-refractivity contribution is 6.30. The lowest BCUT2D eigenvalue weighted by molar-refractivity contribution is -0.179. The van der Waals surface area contributed by atoms with E-state index in [1.165, 1.54) is 24.3 Å². The lowest BCUT2D eigenvalue weighted by Crippen LogP contribution is -2.47. The molecule has 1 aromatic rings. The molecule has 2 unspecified atom stereocenters. The van der Waals surface area contributed by atoms with Gasteiger partial charge in [0.25, 0.3) is 5.91 Å². The van der Waals surface area contributed by atoms with Gasteiger partial charge in [0.2, 0.25) is 12.2 Å². The Morgan fingerprint density at radius 2 is 1.48 bits per heavy atom. The Balaban J connectivity index is 3.00. The number of aliphatic carboxylic acids is 1. The minimum absolute atomic E-state index is 0.295. The number of esters is 2. The predicted octanol–water partition coefficient (Wildman–Crippen LogP) is 1.23. The number of carboxylic acids is 1. The van der Waals surface area contributed by atoms with Crippen molar-refractivity contribution in [2.24, 2.45) is 0 Å². The minimum atomic E-state index is -1.97. The van der Waals surface area contributed by atoms with Crippen LogP contribution in [0.2, 0.25) is 5.02 Å². The van der Waals surface area contributed by atoms with Crippen molar-refractivity contribution in [3.63, 3.8) is 0 Å². The second-order valence-corrected chi connectivity index (χ2v) is 4.83. The Hall–Kier alpha value is -2.61. The number of carboxylic acid groups (broad SMARTS) is 1. The molecule has 2 N–H and O–H groups in total. The molecule has 0 heterocycles. The molecule has 0 saturated carbocycles. The third-order valence-electron chi connectivity index (χ3n) is 2.47. The van der Waals surface area contributed by atoms with Crippen LogP contribution in [0.5, 0.6) is 0 Å². The number of nitrogens with one attached hydrogen (secondary N) is 1. The first kappa shape index (κ1) is 18.4. The monoisotopic (exact) mass is 343 g/mol. The summed E-state index contributed by atoms with van der Waals surface area (Å²) < 4.78 is 9.25. The van der Waals surface area contributed by atoms with Gasteiger partial charge in [-0.05, 0) is 24.3 Å². The van der Waals surface area contributed by atoms with Crippen molar-refractivity contribution in [3.05, 3.63) is 29.3 Å². The molecule has 0 aromatic heterocycles. The fourth-order valence-corrected chi connectivity index (χ4v) is 1.72. The number of halogens is 1. The number of hydrogen-bond donors (Lipinski definition) is 2. The van der Waals surface area contributed by atoms with Gasteiger partial charge >= 0.3 is 17.9 Å². The van der Waals surface area contributed by atoms with Crippen LogP contribution in [0.15, 0.2) is 24.3 Å². The van der Waals surface area contributed by atoms with Crippen LogP contribution in [-0.4, -0.2) is 41.1 Å². The molecule has 1 amide bonds. The van der Waals surface area contributed by atoms with Crippen molar-refractivity contribution in [3.8, 4) is 0 Å². The topological polar surface area (TPSA) is 119 Å². The molecule has 9 heteroatoms. The van der Waals surface area contributed by atoms with Crippen LogP contribution in [0.1, 0.15) is 13.8 Å². The lowest BCUT2D eigenvalue weighted by Gasteiger charge is -2.22. The summed E-state index contributed by atoms with van der Waals surface area (Å²) in [5.74, 6) is -4.43. The summed E-state index contributed by atoms with van der Waals surface area (Å²) in [6.07, 6.45) is -3.81. The number of ether oxygens (including phenoxy) is 2. The van der Waals surface area contributed by atoms with E-state index in [9.17, 15) is 19.2 Å². The zero-order valence-corrected chi connectivity index (χ0v) is 13.0. The van der Waals surface area contributed by atoms with Crippen molar-refractivity contribution in [2.45, 2.75) is 26.1 Å². The number of anilines is 1. The van der Waals surface area contributed by atoms with E-state index in [4.69, 9.17) is 21.4 Å². The summed E-state index contributed by atoms with van der Waals surface area (Å²) in [5.41, 5.74) is 0.295. The molecule has 1 rings (SSSR count). The Labute approximate surface area is 136 Å². The van der Waals surface area contributed by atoms with Crippen LogP contribution < -0.4 is 5.32 Å². The van der Waals surface area contributed by atoms with Gasteiger partial charge in [-0.1, -0.05) is 11.6 Å². The van der Waals surface area contributed by atoms with Gasteiger partial charge in [0.1, 0.15) is 0 Å². The molecule has 23 heavy (non-hydrogen) atoms. The van der Waals surface area contributed by atoms with Crippen molar-refractivity contribution in [1.82, 2.24) is 0 Å². The van der Waals surface area contributed by atoms with Gasteiger partial charge in [0.15, 0.2) is 0 Å². The molecule has 0 aliphatic heterocycles. The van der Waals surface area contributed by atoms with Crippen molar-refractivity contribution in [2.75, 3.05) is 5.32 Å². The Morgan fingerprint density at radius 3 is 1.91 bits per heavy atom. The van der Waals surface area contributed by atoms with E-state index in [1.807, 2.05) is 0 Å². The third kappa shape index (κ3) is 5.95. The van der Waals surface area contributed by atoms with Crippen LogP contribution in [-0.2, 0) is 28.7 Å². The average molecular weight is 344 g/mol. The van der Waals surface area contributed by atoms with Gasteiger partial charge in [-0.3, -0.25) is 14.4 Å². The summed E-state index contributed by atoms with van der Waals surface area (Å²) in [4.78, 5) is 45.5. The molecule has 0 bridgehead atoms. The molecule has 2 atom stereocenters. The number of amides is 1. The van der Waals surface area contributed by atoms with E-state index in [1.54, 1.807) is 0 Å². The maximum Gasteiger partial charge on any atom is 0.349 e. The predicted molar refractivity (Wildman–Crippen MR) is 78.8 cm³/mol. The zero-order valence-electron chi connectivity index (χ0n) is 12.2. The lowest BCUT2D eigenvalue weighted by atomic mass is 10.1. The zero-order chi connectivity index (χ0) is 17.6. The SMILES string of the molecule is CC(=O)OC(C(=O)O)C(OC(C)=O)C(=O)Nc1ccc(Cl)cc1. The first-order valence-electron chi connectivity index (χ1n) is 6.34. The number of carbonyl (C=O) groups excluding carboxylic acids is 3. The van der Waals surface area contributed by atoms with Crippen LogP contribution in [0.25, 0.3) is 0 Å². The highest BCUT2D eigenvalue weighted by Crippen LogP contribution is 2.15. The number of benzene rings is 1. The molecular formula is C14H14ClNO7. The Bertz CT molecular complexity index is 614. The molecule has 0 aliphatic carbocycles. The first-order valence-corrected chi connectivity index (χ1v) is 6.72. The fourth-order valence-electron chi connectivity index (χ4n) is 1.60. The van der Waals surface area contributed by atoms with Crippen LogP contribution in [0, 0.1) is 0 Å². The third-order valence-corrected chi connectivity index (χ3v) is 2.73. The largest absolute Gasteiger partial charge is 0.478 e. The van der Waals surface area contributed by atoms with Crippen molar-refractivity contribution in [1.29, 1.82) is 0 Å². The molecule has 8 nitrogen and oxygen atoms in total. The van der Waals surface area contributed by atoms with Crippen molar-refractivity contribution < 1.29 is 33.8 Å². The van der Waals surface area contributed by atoms with E-state index < -0.39 is 36.0 Å². The minimum Gasteiger partial charge on any atom is -0.478 e. The van der Waals surface area contributed by atoms with Gasteiger partial charge in [-0.25, -0.2) is 4.79 Å². The van der Waals surface area contributed by atoms with Gasteiger partial charge in [-0.2, -0.15) is 0 Å². The summed E-state index contributed by atoms with van der Waals surface area (Å²) >= 11 is 5.71. The molecule has 1 aromatic carbocycles. The maximum atomic E-state index is 12.2. The summed E-state index contributed by atoms with van der Waals surface area (Å²) in [6, 6.07) is 5.93. The van der Waals surface area contributed by atoms with E-state index in [2.05, 4.69) is 10.1 Å². The average Bonchev–Trinajstić information content (AvgIpc) is 2.44. The molecule has 0 fully saturated rings. The highest BCUT2D eigenvalue weighted by atomic mass is 35.5. The highest BCUT2D eigenvalue weighted by Gasteiger charge is 2.39. The number of hydrogen-bond acceptors (Lipinski definition) is 6. The van der Waals surface area contributed by atoms with E-state index in [-0.39, 0.29) is 0 Å². The molecule has 0 radical (unpaired) electrons. The maximum absolute atomic E-state index is 12.2. The normalized spacial score (nSPS) is 12.7. The van der Waals surface area contributed by atoms with Gasteiger partial charge in [-0.15, -0.1) is 0 Å². The van der Waals surface area contributed by atoms with E-state index in [0.29, 0.717) is 10.7 Å². The summed E-state index contributed by atoms with van der Waals surface area (Å²) in [5, 5.41) is 11.9. The van der Waals surface area contributed by atoms with E-state index >= 15 is 0 Å². The summed E-state index contributed by atoms with van der Waals surface area (Å²) in [7, 11) is 0. The van der Waals surface area contributed by atoms with Gasteiger partial charge in [0, 0.05) is 24.6 Å². The fraction of sp³-hybridized carbons (Fsp3) is 0.286. The standard InChI is InChI=1S/C14H14ClNO7/c1-7(17)22-11(12(14(20)21)23-8(2)18)13(19)16-10-5-3-9(15)4-6-10/h3-6,11-12H,1-2H3,(H,16,19)(H,20,21). The Kier molecular flexibility index (Phi) is 6.52. The van der Waals surface area contributed by atoms with Crippen LogP contribution in [0.3, 0.4) is 0 Å². The number of rotatable bonds is 6. The quantitative estimate of drug-likeness (QED) is 0.745. The van der Waals surface area contributed by atoms with E-state index in [0.717, 1.165) is 13.8 Å². The number of carbonyl (C=O) groups is 4. The smallest absolute Gasteiger partial charge is 0.349 e. The van der Waals surface area contributed by atoms with Gasteiger partial charge < -0.3 is 19.9 Å².